The first kappa shape index (κ1) is 3.25. The molecule has 0 bridgehead atoms. The molecule has 0 heterocycles. The number of nitrogens with zero attached hydrogens (tertiary/aromatic N) is 1. The highest BCUT2D eigenvalue weighted by atomic mass is 15.1. The number of anilines is 1. The third kappa shape index (κ3) is 1.46. The Morgan fingerprint density at radius 2 is 2.00 bits per heavy atom. The summed E-state index contributed by atoms with van der Waals surface area (Å²) in [6.07, 6.45) is 0. The number of rotatable bonds is 1. The van der Waals surface area contributed by atoms with Crippen LogP contribution >= 0.6 is 0 Å². The van der Waals surface area contributed by atoms with Crippen LogP contribution in [-0.2, 0) is 0 Å². The minimum Gasteiger partial charge on any atom is -0.378 e. The molecule has 0 radical (unpaired) electrons. The van der Waals surface area contributed by atoms with Crippen LogP contribution in [0.5, 0.6) is 0 Å². The van der Waals surface area contributed by atoms with Crippen molar-refractivity contribution in [3.63, 3.8) is 0 Å². The predicted octanol–water partition coefficient (Wildman–Crippen LogP) is 1.75. The summed E-state index contributed by atoms with van der Waals surface area (Å²) >= 11 is 0. The van der Waals surface area contributed by atoms with Crippen molar-refractivity contribution in [2.45, 2.75) is 0 Å². The molecule has 0 amide bonds. The molecule has 0 atom stereocenters. The van der Waals surface area contributed by atoms with Gasteiger partial charge in [0.25, 0.3) is 0 Å². The third-order valence-electron chi connectivity index (χ3n) is 1.14. The molecule has 0 saturated heterocycles. The zero-order valence-corrected chi connectivity index (χ0v) is 5.33. The molecule has 1 nitrogen and oxygen atoms in total. The van der Waals surface area contributed by atoms with E-state index in [-0.39, 0.29) is 0 Å². The fourth-order valence-corrected chi connectivity index (χ4v) is 0.652. The second-order valence-corrected chi connectivity index (χ2v) is 1.89. The smallest absolute Gasteiger partial charge is 0.0456 e. The number of para-hydroxylation sites is 1. The molecule has 0 unspecified atom stereocenters. The highest BCUT2D eigenvalue weighted by molar-refractivity contribution is 5.43. The van der Waals surface area contributed by atoms with E-state index < -0.39 is 6.98 Å². The van der Waals surface area contributed by atoms with E-state index in [1.54, 1.807) is 19.2 Å². The molecule has 0 aliphatic heterocycles. The maximum atomic E-state index is 7.13. The number of hydrogen-bond donors (Lipinski definition) is 0. The van der Waals surface area contributed by atoms with Crippen LogP contribution in [0.15, 0.2) is 30.3 Å². The van der Waals surface area contributed by atoms with E-state index in [4.69, 9.17) is 4.11 Å². The minimum atomic E-state index is -2.05. The van der Waals surface area contributed by atoms with Crippen LogP contribution in [0.1, 0.15) is 4.11 Å². The monoisotopic (exact) mass is 124 g/mol. The van der Waals surface area contributed by atoms with E-state index in [1.807, 2.05) is 18.2 Å². The highest BCUT2D eigenvalue weighted by Gasteiger charge is 1.87. The molecule has 0 fully saturated rings. The third-order valence-corrected chi connectivity index (χ3v) is 1.14. The van der Waals surface area contributed by atoms with Gasteiger partial charge < -0.3 is 4.90 Å². The Morgan fingerprint density at radius 1 is 1.33 bits per heavy atom. The largest absolute Gasteiger partial charge is 0.378 e. The van der Waals surface area contributed by atoms with Crippen molar-refractivity contribution in [2.24, 2.45) is 0 Å². The Hall–Kier alpha value is -0.980. The van der Waals surface area contributed by atoms with E-state index in [1.165, 1.54) is 4.90 Å². The second kappa shape index (κ2) is 2.53. The lowest BCUT2D eigenvalue weighted by molar-refractivity contribution is 1.13. The summed E-state index contributed by atoms with van der Waals surface area (Å²) in [5, 5.41) is 0. The maximum Gasteiger partial charge on any atom is 0.0456 e. The lowest BCUT2D eigenvalue weighted by Crippen LogP contribution is -2.07. The van der Waals surface area contributed by atoms with Gasteiger partial charge in [-0.15, -0.1) is 0 Å². The van der Waals surface area contributed by atoms with Crippen LogP contribution in [0.2, 0.25) is 0 Å². The Balaban J connectivity index is 2.86. The molecular formula is C8H11N. The Morgan fingerprint density at radius 3 is 2.56 bits per heavy atom. The normalized spacial score (nSPS) is 15.4. The van der Waals surface area contributed by atoms with Crippen molar-refractivity contribution >= 4 is 5.69 Å². The van der Waals surface area contributed by atoms with E-state index >= 15 is 0 Å². The molecule has 1 heteroatoms. The maximum absolute atomic E-state index is 7.13. The van der Waals surface area contributed by atoms with Gasteiger partial charge in [-0.25, -0.2) is 0 Å². The Labute approximate surface area is 60.1 Å². The zero-order chi connectivity index (χ0) is 9.19. The molecule has 9 heavy (non-hydrogen) atoms. The van der Waals surface area contributed by atoms with Gasteiger partial charge >= 0.3 is 0 Å². The van der Waals surface area contributed by atoms with Gasteiger partial charge in [-0.1, -0.05) is 18.2 Å². The lowest BCUT2D eigenvalue weighted by atomic mass is 10.3. The molecule has 1 aromatic rings. The summed E-state index contributed by atoms with van der Waals surface area (Å²) in [5.74, 6) is 0. The van der Waals surface area contributed by atoms with Crippen LogP contribution in [-0.4, -0.2) is 14.0 Å². The van der Waals surface area contributed by atoms with Gasteiger partial charge in [0.05, 0.1) is 0 Å². The summed E-state index contributed by atoms with van der Waals surface area (Å²) in [5.41, 5.74) is 0.706. The summed E-state index contributed by atoms with van der Waals surface area (Å²) < 4.78 is 21.4. The lowest BCUT2D eigenvalue weighted by Gasteiger charge is -2.10. The van der Waals surface area contributed by atoms with E-state index in [2.05, 4.69) is 0 Å². The minimum absolute atomic E-state index is 0.706. The highest BCUT2D eigenvalue weighted by Crippen LogP contribution is 2.07. The first-order valence-electron chi connectivity index (χ1n) is 4.31. The van der Waals surface area contributed by atoms with E-state index in [0.29, 0.717) is 5.69 Å². The quantitative estimate of drug-likeness (QED) is 0.551. The summed E-state index contributed by atoms with van der Waals surface area (Å²) in [6, 6.07) is 9.03. The van der Waals surface area contributed by atoms with E-state index in [0.717, 1.165) is 0 Å². The molecule has 0 aromatic heterocycles. The predicted molar refractivity (Wildman–Crippen MR) is 40.8 cm³/mol. The summed E-state index contributed by atoms with van der Waals surface area (Å²) in [4.78, 5) is 1.27. The van der Waals surface area contributed by atoms with Crippen molar-refractivity contribution in [1.82, 2.24) is 0 Å². The fourth-order valence-electron chi connectivity index (χ4n) is 0.652. The molecule has 48 valence electrons. The van der Waals surface area contributed by atoms with Crippen molar-refractivity contribution < 1.29 is 4.11 Å². The van der Waals surface area contributed by atoms with Crippen LogP contribution < -0.4 is 4.90 Å². The molecule has 1 aromatic carbocycles. The fraction of sp³-hybridized carbons (Fsp3) is 0.250. The Bertz CT molecular complexity index is 242. The van der Waals surface area contributed by atoms with Crippen LogP contribution in [0, 0.1) is 0 Å². The molecular weight excluding hydrogens is 110 g/mol. The van der Waals surface area contributed by atoms with Gasteiger partial charge in [0.15, 0.2) is 0 Å². The molecule has 0 saturated carbocycles. The number of hydrogen-bond acceptors (Lipinski definition) is 1. The van der Waals surface area contributed by atoms with Crippen LogP contribution in [0.3, 0.4) is 0 Å². The van der Waals surface area contributed by atoms with Gasteiger partial charge in [0.2, 0.25) is 0 Å². The second-order valence-electron chi connectivity index (χ2n) is 1.89. The molecule has 0 N–H and O–H groups in total. The summed E-state index contributed by atoms with van der Waals surface area (Å²) in [6.45, 7) is -2.05. The Kier molecular flexibility index (Phi) is 0.916. The molecule has 0 aliphatic rings. The zero-order valence-electron chi connectivity index (χ0n) is 8.33. The van der Waals surface area contributed by atoms with Gasteiger partial charge in [0, 0.05) is 23.8 Å². The van der Waals surface area contributed by atoms with Crippen molar-refractivity contribution in [2.75, 3.05) is 18.9 Å². The van der Waals surface area contributed by atoms with Crippen LogP contribution in [0.25, 0.3) is 0 Å². The standard InChI is InChI=1S/C8H11N/c1-9(2)8-6-4-3-5-7-8/h3-7H,1-2H3/i1D3. The van der Waals surface area contributed by atoms with Gasteiger partial charge in [-0.2, -0.15) is 0 Å². The summed E-state index contributed by atoms with van der Waals surface area (Å²) in [7, 11) is 1.56. The van der Waals surface area contributed by atoms with Gasteiger partial charge in [-0.3, -0.25) is 0 Å². The first-order chi connectivity index (χ1) is 5.52. The average molecular weight is 124 g/mol. The van der Waals surface area contributed by atoms with Gasteiger partial charge in [0.1, 0.15) is 0 Å². The van der Waals surface area contributed by atoms with Crippen molar-refractivity contribution in [3.05, 3.63) is 30.3 Å². The molecule has 1 rings (SSSR count). The van der Waals surface area contributed by atoms with Crippen LogP contribution in [0.4, 0.5) is 5.69 Å². The molecule has 0 spiro atoms. The first-order valence-corrected chi connectivity index (χ1v) is 2.81. The number of benzene rings is 1. The SMILES string of the molecule is [2H]C([2H])([2H])N(C)c1ccccc1. The van der Waals surface area contributed by atoms with E-state index in [9.17, 15) is 0 Å². The van der Waals surface area contributed by atoms with Crippen molar-refractivity contribution in [1.29, 1.82) is 0 Å². The topological polar surface area (TPSA) is 3.24 Å². The van der Waals surface area contributed by atoms with Crippen molar-refractivity contribution in [3.8, 4) is 0 Å². The average Bonchev–Trinajstić information content (AvgIpc) is 2.03. The molecule has 0 aliphatic carbocycles. The van der Waals surface area contributed by atoms with Gasteiger partial charge in [-0.05, 0) is 12.1 Å².